The first kappa shape index (κ1) is 13.3. The maximum atomic E-state index is 11.2. The summed E-state index contributed by atoms with van der Waals surface area (Å²) in [5, 5.41) is 1.13. The lowest BCUT2D eigenvalue weighted by atomic mass is 9.96. The van der Waals surface area contributed by atoms with Gasteiger partial charge in [-0.15, -0.1) is 0 Å². The number of hydrogen-bond donors (Lipinski definition) is 1. The van der Waals surface area contributed by atoms with Crippen LogP contribution in [0.3, 0.4) is 0 Å². The van der Waals surface area contributed by atoms with Gasteiger partial charge in [0.2, 0.25) is 0 Å². The molecule has 0 aliphatic rings. The van der Waals surface area contributed by atoms with Crippen molar-refractivity contribution < 1.29 is 9.53 Å². The van der Waals surface area contributed by atoms with E-state index in [1.807, 2.05) is 0 Å². The van der Waals surface area contributed by atoms with E-state index in [1.54, 1.807) is 18.2 Å². The third-order valence-electron chi connectivity index (χ3n) is 2.32. The molecule has 88 valence electrons. The van der Waals surface area contributed by atoms with Crippen LogP contribution in [0.4, 0.5) is 0 Å². The van der Waals surface area contributed by atoms with E-state index in [0.717, 1.165) is 5.56 Å². The minimum atomic E-state index is -0.313. The Morgan fingerprint density at radius 2 is 2.19 bits per heavy atom. The van der Waals surface area contributed by atoms with Gasteiger partial charge in [0.25, 0.3) is 0 Å². The second-order valence-corrected chi connectivity index (χ2v) is 4.22. The molecular weight excluding hydrogens is 249 g/mol. The van der Waals surface area contributed by atoms with Crippen molar-refractivity contribution in [2.45, 2.75) is 12.3 Å². The van der Waals surface area contributed by atoms with E-state index in [4.69, 9.17) is 28.9 Å². The summed E-state index contributed by atoms with van der Waals surface area (Å²) in [6.45, 7) is 0.315. The van der Waals surface area contributed by atoms with Gasteiger partial charge in [-0.1, -0.05) is 23.2 Å². The quantitative estimate of drug-likeness (QED) is 0.848. The van der Waals surface area contributed by atoms with Crippen LogP contribution in [0, 0.1) is 0 Å². The number of carbonyl (C=O) groups is 1. The Balaban J connectivity index is 2.94. The van der Waals surface area contributed by atoms with E-state index in [1.165, 1.54) is 7.11 Å². The smallest absolute Gasteiger partial charge is 0.306 e. The Kier molecular flexibility index (Phi) is 5.06. The molecule has 5 heteroatoms. The zero-order valence-corrected chi connectivity index (χ0v) is 10.4. The lowest BCUT2D eigenvalue weighted by molar-refractivity contribution is -0.141. The van der Waals surface area contributed by atoms with Gasteiger partial charge < -0.3 is 10.5 Å². The molecule has 2 N–H and O–H groups in total. The van der Waals surface area contributed by atoms with Crippen molar-refractivity contribution in [2.24, 2.45) is 5.73 Å². The van der Waals surface area contributed by atoms with Gasteiger partial charge in [0.05, 0.1) is 13.5 Å². The molecule has 0 fully saturated rings. The van der Waals surface area contributed by atoms with Gasteiger partial charge in [-0.2, -0.15) is 0 Å². The van der Waals surface area contributed by atoms with Crippen molar-refractivity contribution in [2.75, 3.05) is 13.7 Å². The summed E-state index contributed by atoms with van der Waals surface area (Å²) in [6.07, 6.45) is 0.201. The number of ether oxygens (including phenoxy) is 1. The average molecular weight is 262 g/mol. The fourth-order valence-corrected chi connectivity index (χ4v) is 1.88. The van der Waals surface area contributed by atoms with Gasteiger partial charge in [0.1, 0.15) is 0 Å². The summed E-state index contributed by atoms with van der Waals surface area (Å²) in [6, 6.07) is 5.11. The molecule has 0 radical (unpaired) electrons. The van der Waals surface area contributed by atoms with E-state index in [2.05, 4.69) is 4.74 Å². The van der Waals surface area contributed by atoms with E-state index in [9.17, 15) is 4.79 Å². The number of carbonyl (C=O) groups excluding carboxylic acids is 1. The summed E-state index contributed by atoms with van der Waals surface area (Å²) in [5.74, 6) is -0.481. The highest BCUT2D eigenvalue weighted by atomic mass is 35.5. The first-order valence-corrected chi connectivity index (χ1v) is 5.56. The van der Waals surface area contributed by atoms with Gasteiger partial charge in [0.15, 0.2) is 0 Å². The Bertz CT molecular complexity index is 382. The molecule has 0 aliphatic heterocycles. The molecule has 0 spiro atoms. The van der Waals surface area contributed by atoms with E-state index >= 15 is 0 Å². The molecule has 0 bridgehead atoms. The third kappa shape index (κ3) is 3.37. The summed E-state index contributed by atoms with van der Waals surface area (Å²) in [5.41, 5.74) is 6.40. The molecule has 1 unspecified atom stereocenters. The van der Waals surface area contributed by atoms with Crippen molar-refractivity contribution in [1.82, 2.24) is 0 Å². The van der Waals surface area contributed by atoms with E-state index < -0.39 is 0 Å². The molecule has 0 saturated carbocycles. The van der Waals surface area contributed by atoms with Gasteiger partial charge in [-0.25, -0.2) is 0 Å². The number of esters is 1. The molecule has 16 heavy (non-hydrogen) atoms. The van der Waals surface area contributed by atoms with Crippen molar-refractivity contribution in [1.29, 1.82) is 0 Å². The largest absolute Gasteiger partial charge is 0.469 e. The van der Waals surface area contributed by atoms with Crippen LogP contribution in [0.25, 0.3) is 0 Å². The highest BCUT2D eigenvalue weighted by Crippen LogP contribution is 2.29. The van der Waals surface area contributed by atoms with Crippen LogP contribution in [0.15, 0.2) is 18.2 Å². The number of hydrogen-bond acceptors (Lipinski definition) is 3. The number of halogens is 2. The minimum Gasteiger partial charge on any atom is -0.469 e. The molecule has 1 aromatic rings. The maximum absolute atomic E-state index is 11.2. The van der Waals surface area contributed by atoms with E-state index in [0.29, 0.717) is 16.6 Å². The predicted octanol–water partition coefficient (Wildman–Crippen LogP) is 2.60. The predicted molar refractivity (Wildman–Crippen MR) is 64.9 cm³/mol. The summed E-state index contributed by atoms with van der Waals surface area (Å²) >= 11 is 11.9. The van der Waals surface area contributed by atoms with Gasteiger partial charge >= 0.3 is 5.97 Å². The second kappa shape index (κ2) is 6.09. The topological polar surface area (TPSA) is 52.3 Å². The van der Waals surface area contributed by atoms with Crippen LogP contribution in [-0.4, -0.2) is 19.6 Å². The zero-order valence-electron chi connectivity index (χ0n) is 8.87. The summed E-state index contributed by atoms with van der Waals surface area (Å²) in [7, 11) is 1.34. The van der Waals surface area contributed by atoms with Crippen LogP contribution < -0.4 is 5.73 Å². The molecule has 1 aromatic carbocycles. The SMILES string of the molecule is COC(=O)CC(CN)c1cc(Cl)ccc1Cl. The monoisotopic (exact) mass is 261 g/mol. The Hall–Kier alpha value is -0.770. The molecule has 3 nitrogen and oxygen atoms in total. The van der Waals surface area contributed by atoms with Crippen molar-refractivity contribution in [3.63, 3.8) is 0 Å². The van der Waals surface area contributed by atoms with Crippen LogP contribution in [0.5, 0.6) is 0 Å². The van der Waals surface area contributed by atoms with E-state index in [-0.39, 0.29) is 18.3 Å². The molecule has 0 saturated heterocycles. The fraction of sp³-hybridized carbons (Fsp3) is 0.364. The molecule has 0 amide bonds. The fourth-order valence-electron chi connectivity index (χ4n) is 1.43. The molecular formula is C11H13Cl2NO2. The second-order valence-electron chi connectivity index (χ2n) is 3.38. The van der Waals surface area contributed by atoms with Crippen molar-refractivity contribution in [3.05, 3.63) is 33.8 Å². The number of benzene rings is 1. The lowest BCUT2D eigenvalue weighted by Crippen LogP contribution is -2.17. The maximum Gasteiger partial charge on any atom is 0.306 e. The van der Waals surface area contributed by atoms with Gasteiger partial charge in [-0.3, -0.25) is 4.79 Å². The Labute approximate surface area is 104 Å². The highest BCUT2D eigenvalue weighted by molar-refractivity contribution is 6.33. The third-order valence-corrected chi connectivity index (χ3v) is 2.90. The van der Waals surface area contributed by atoms with Crippen LogP contribution in [0.2, 0.25) is 10.0 Å². The van der Waals surface area contributed by atoms with Crippen LogP contribution in [0.1, 0.15) is 17.9 Å². The molecule has 0 heterocycles. The minimum absolute atomic E-state index is 0.168. The first-order chi connectivity index (χ1) is 7.58. The lowest BCUT2D eigenvalue weighted by Gasteiger charge is -2.15. The van der Waals surface area contributed by atoms with Crippen LogP contribution in [-0.2, 0) is 9.53 Å². The molecule has 1 rings (SSSR count). The molecule has 0 aliphatic carbocycles. The average Bonchev–Trinajstić information content (AvgIpc) is 2.29. The van der Waals surface area contributed by atoms with Crippen LogP contribution >= 0.6 is 23.2 Å². The van der Waals surface area contributed by atoms with Crippen molar-refractivity contribution >= 4 is 29.2 Å². The number of nitrogens with two attached hydrogens (primary N) is 1. The first-order valence-electron chi connectivity index (χ1n) is 4.80. The highest BCUT2D eigenvalue weighted by Gasteiger charge is 2.17. The zero-order chi connectivity index (χ0) is 12.1. The standard InChI is InChI=1S/C11H13Cl2NO2/c1-16-11(15)4-7(6-14)9-5-8(12)2-3-10(9)13/h2-3,5,7H,4,6,14H2,1H3. The Morgan fingerprint density at radius 1 is 1.50 bits per heavy atom. The number of methoxy groups -OCH3 is 1. The summed E-state index contributed by atoms with van der Waals surface area (Å²) < 4.78 is 4.60. The Morgan fingerprint density at radius 3 is 2.75 bits per heavy atom. The molecule has 1 atom stereocenters. The molecule has 0 aromatic heterocycles. The van der Waals surface area contributed by atoms with Crippen molar-refractivity contribution in [3.8, 4) is 0 Å². The van der Waals surface area contributed by atoms with Gasteiger partial charge in [0, 0.05) is 16.0 Å². The van der Waals surface area contributed by atoms with Gasteiger partial charge in [-0.05, 0) is 30.3 Å². The normalized spacial score (nSPS) is 12.2. The summed E-state index contributed by atoms with van der Waals surface area (Å²) in [4.78, 5) is 11.2. The number of rotatable bonds is 4.